The van der Waals surface area contributed by atoms with Gasteiger partial charge in [-0.1, -0.05) is 13.8 Å². The van der Waals surface area contributed by atoms with E-state index in [1.165, 1.54) is 6.92 Å². The van der Waals surface area contributed by atoms with Gasteiger partial charge in [-0.05, 0) is 12.8 Å². The number of carbonyl (C=O) groups excluding carboxylic acids is 1. The molecule has 0 aliphatic rings. The van der Waals surface area contributed by atoms with Crippen LogP contribution in [-0.4, -0.2) is 30.1 Å². The highest BCUT2D eigenvalue weighted by Crippen LogP contribution is 2.36. The zero-order chi connectivity index (χ0) is 14.1. The van der Waals surface area contributed by atoms with Gasteiger partial charge in [-0.25, -0.2) is 0 Å². The van der Waals surface area contributed by atoms with Crippen LogP contribution in [0, 0.1) is 5.92 Å². The summed E-state index contributed by atoms with van der Waals surface area (Å²) < 4.78 is 61.1. The van der Waals surface area contributed by atoms with Gasteiger partial charge in [-0.15, -0.1) is 0 Å². The summed E-state index contributed by atoms with van der Waals surface area (Å²) in [5, 5.41) is 1.66. The second-order valence-electron chi connectivity index (χ2n) is 4.30. The van der Waals surface area contributed by atoms with Gasteiger partial charge in [0, 0.05) is 6.54 Å². The van der Waals surface area contributed by atoms with E-state index in [1.807, 2.05) is 0 Å². The average Bonchev–Trinajstić information content (AvgIpc) is 2.15. The van der Waals surface area contributed by atoms with Crippen LogP contribution in [-0.2, 0) is 4.79 Å². The Hall–Kier alpha value is -0.920. The number of halogens is 5. The second kappa shape index (κ2) is 4.75. The number of hydrogen-bond donors (Lipinski definition) is 2. The Bertz CT molecular complexity index is 290. The lowest BCUT2D eigenvalue weighted by molar-refractivity contribution is -0.270. The molecule has 1 atom stereocenters. The van der Waals surface area contributed by atoms with Gasteiger partial charge < -0.3 is 11.1 Å². The highest BCUT2D eigenvalue weighted by molar-refractivity contribution is 5.85. The van der Waals surface area contributed by atoms with Crippen molar-refractivity contribution in [1.29, 1.82) is 0 Å². The maximum Gasteiger partial charge on any atom is 0.463 e. The normalized spacial score (nSPS) is 16.8. The van der Waals surface area contributed by atoms with Crippen molar-refractivity contribution >= 4 is 5.91 Å². The first-order valence-electron chi connectivity index (χ1n) is 4.85. The number of hydrogen-bond acceptors (Lipinski definition) is 2. The van der Waals surface area contributed by atoms with Crippen molar-refractivity contribution in [3.63, 3.8) is 0 Å². The van der Waals surface area contributed by atoms with E-state index in [4.69, 9.17) is 5.73 Å². The van der Waals surface area contributed by atoms with Crippen LogP contribution in [0.2, 0.25) is 0 Å². The largest absolute Gasteiger partial charge is 0.463 e. The highest BCUT2D eigenvalue weighted by Gasteiger charge is 2.64. The zero-order valence-corrected chi connectivity index (χ0v) is 9.66. The summed E-state index contributed by atoms with van der Waals surface area (Å²) in [6.45, 7) is 4.17. The lowest BCUT2D eigenvalue weighted by atomic mass is 9.88. The molecule has 1 amide bonds. The second-order valence-corrected chi connectivity index (χ2v) is 4.30. The lowest BCUT2D eigenvalue weighted by Gasteiger charge is -2.35. The first kappa shape index (κ1) is 16.1. The molecule has 0 bridgehead atoms. The zero-order valence-electron chi connectivity index (χ0n) is 9.66. The van der Waals surface area contributed by atoms with Crippen LogP contribution in [0.3, 0.4) is 0 Å². The molecule has 3 N–H and O–H groups in total. The quantitative estimate of drug-likeness (QED) is 0.757. The van der Waals surface area contributed by atoms with Gasteiger partial charge in [0.15, 0.2) is 0 Å². The molecule has 0 fully saturated rings. The van der Waals surface area contributed by atoms with Crippen LogP contribution in [0.1, 0.15) is 20.8 Å². The molecule has 0 saturated carbocycles. The van der Waals surface area contributed by atoms with Crippen molar-refractivity contribution in [3.05, 3.63) is 0 Å². The average molecular weight is 262 g/mol. The Labute approximate surface area is 95.5 Å². The Morgan fingerprint density at radius 3 is 1.88 bits per heavy atom. The number of amides is 1. The summed E-state index contributed by atoms with van der Waals surface area (Å²) in [5.74, 6) is -8.19. The fourth-order valence-corrected chi connectivity index (χ4v) is 0.898. The molecule has 1 unspecified atom stereocenters. The maximum absolute atomic E-state index is 12.7. The fraction of sp³-hybridized carbons (Fsp3) is 0.889. The monoisotopic (exact) mass is 262 g/mol. The summed E-state index contributed by atoms with van der Waals surface area (Å²) >= 11 is 0. The van der Waals surface area contributed by atoms with Gasteiger partial charge in [-0.2, -0.15) is 22.0 Å². The molecule has 102 valence electrons. The molecule has 0 aromatic heterocycles. The third kappa shape index (κ3) is 3.27. The minimum atomic E-state index is -5.91. The molecular formula is C9H15F5N2O. The van der Waals surface area contributed by atoms with E-state index in [2.05, 4.69) is 0 Å². The SMILES string of the molecule is CC(C)C(C)(CN)NC(=O)C(F)(F)C(F)(F)F. The number of rotatable bonds is 4. The van der Waals surface area contributed by atoms with E-state index < -0.39 is 23.5 Å². The maximum atomic E-state index is 12.7. The first-order chi connectivity index (χ1) is 7.38. The summed E-state index contributed by atoms with van der Waals surface area (Å²) in [4.78, 5) is 11.0. The summed E-state index contributed by atoms with van der Waals surface area (Å²) in [5.41, 5.74) is 3.95. The lowest BCUT2D eigenvalue weighted by Crippen LogP contribution is -2.61. The summed E-state index contributed by atoms with van der Waals surface area (Å²) in [6.07, 6.45) is -5.91. The van der Waals surface area contributed by atoms with Gasteiger partial charge in [0.25, 0.3) is 0 Å². The predicted molar refractivity (Wildman–Crippen MR) is 51.4 cm³/mol. The van der Waals surface area contributed by atoms with Crippen molar-refractivity contribution in [1.82, 2.24) is 5.32 Å². The van der Waals surface area contributed by atoms with Crippen LogP contribution in [0.15, 0.2) is 0 Å². The Balaban J connectivity index is 4.99. The Morgan fingerprint density at radius 1 is 1.24 bits per heavy atom. The van der Waals surface area contributed by atoms with Gasteiger partial charge in [0.1, 0.15) is 0 Å². The first-order valence-corrected chi connectivity index (χ1v) is 4.85. The number of nitrogens with two attached hydrogens (primary N) is 1. The smallest absolute Gasteiger partial charge is 0.344 e. The van der Waals surface area contributed by atoms with Gasteiger partial charge in [0.05, 0.1) is 5.54 Å². The van der Waals surface area contributed by atoms with Crippen molar-refractivity contribution in [2.24, 2.45) is 11.7 Å². The highest BCUT2D eigenvalue weighted by atomic mass is 19.4. The van der Waals surface area contributed by atoms with Crippen LogP contribution < -0.4 is 11.1 Å². The molecule has 0 rings (SSSR count). The van der Waals surface area contributed by atoms with E-state index >= 15 is 0 Å². The van der Waals surface area contributed by atoms with Crippen LogP contribution in [0.5, 0.6) is 0 Å². The van der Waals surface area contributed by atoms with Crippen molar-refractivity contribution < 1.29 is 26.7 Å². The molecule has 0 aromatic rings. The van der Waals surface area contributed by atoms with Crippen LogP contribution in [0.4, 0.5) is 22.0 Å². The molecule has 0 heterocycles. The van der Waals surface area contributed by atoms with Gasteiger partial charge in [0.2, 0.25) is 0 Å². The third-order valence-corrected chi connectivity index (χ3v) is 2.74. The van der Waals surface area contributed by atoms with Crippen molar-refractivity contribution in [2.45, 2.75) is 38.4 Å². The van der Waals surface area contributed by atoms with Crippen molar-refractivity contribution in [2.75, 3.05) is 6.54 Å². The molecular weight excluding hydrogens is 247 g/mol. The minimum Gasteiger partial charge on any atom is -0.344 e. The topological polar surface area (TPSA) is 55.1 Å². The van der Waals surface area contributed by atoms with Gasteiger partial charge >= 0.3 is 18.0 Å². The molecule has 0 aliphatic heterocycles. The Morgan fingerprint density at radius 2 is 1.65 bits per heavy atom. The molecule has 0 radical (unpaired) electrons. The van der Waals surface area contributed by atoms with E-state index in [1.54, 1.807) is 19.2 Å². The van der Waals surface area contributed by atoms with E-state index in [0.29, 0.717) is 0 Å². The molecule has 0 spiro atoms. The molecule has 8 heteroatoms. The number of alkyl halides is 5. The number of carbonyl (C=O) groups is 1. The molecule has 0 aliphatic carbocycles. The Kier molecular flexibility index (Phi) is 4.50. The van der Waals surface area contributed by atoms with Gasteiger partial charge in [-0.3, -0.25) is 4.79 Å². The molecule has 17 heavy (non-hydrogen) atoms. The van der Waals surface area contributed by atoms with E-state index in [0.717, 1.165) is 0 Å². The minimum absolute atomic E-state index is 0.246. The fourth-order valence-electron chi connectivity index (χ4n) is 0.898. The molecule has 0 saturated heterocycles. The van der Waals surface area contributed by atoms with Crippen LogP contribution in [0.25, 0.3) is 0 Å². The van der Waals surface area contributed by atoms with E-state index in [9.17, 15) is 26.7 Å². The standard InChI is InChI=1S/C9H15F5N2O/c1-5(2)7(3,4-15)16-6(17)8(10,11)9(12,13)14/h5H,4,15H2,1-3H3,(H,16,17). The van der Waals surface area contributed by atoms with E-state index in [-0.39, 0.29) is 12.5 Å². The predicted octanol–water partition coefficient (Wildman–Crippen LogP) is 1.67. The third-order valence-electron chi connectivity index (χ3n) is 2.74. The summed E-state index contributed by atoms with van der Waals surface area (Å²) in [7, 11) is 0. The molecule has 3 nitrogen and oxygen atoms in total. The molecule has 0 aromatic carbocycles. The number of nitrogens with one attached hydrogen (secondary N) is 1. The summed E-state index contributed by atoms with van der Waals surface area (Å²) in [6, 6.07) is 0. The van der Waals surface area contributed by atoms with Crippen molar-refractivity contribution in [3.8, 4) is 0 Å². The van der Waals surface area contributed by atoms with Crippen LogP contribution >= 0.6 is 0 Å².